The van der Waals surface area contributed by atoms with Gasteiger partial charge in [0.15, 0.2) is 0 Å². The van der Waals surface area contributed by atoms with Gasteiger partial charge in [-0.1, -0.05) is 18.2 Å². The average molecular weight is 361 g/mol. The molecule has 0 aliphatic carbocycles. The minimum absolute atomic E-state index is 0.158. The fourth-order valence-electron chi connectivity index (χ4n) is 2.36. The van der Waals surface area contributed by atoms with Crippen LogP contribution in [0.5, 0.6) is 0 Å². The van der Waals surface area contributed by atoms with Crippen molar-refractivity contribution in [2.24, 2.45) is 0 Å². The SMILES string of the molecule is CC(C)(C)OC(=O)Nc1ccc(C=O)cc1-c1cccc(C(C)(F)F)c1. The third-order valence-corrected chi connectivity index (χ3v) is 3.50. The van der Waals surface area contributed by atoms with E-state index in [9.17, 15) is 18.4 Å². The Morgan fingerprint density at radius 1 is 1.08 bits per heavy atom. The molecule has 138 valence electrons. The van der Waals surface area contributed by atoms with Gasteiger partial charge in [0.25, 0.3) is 5.92 Å². The summed E-state index contributed by atoms with van der Waals surface area (Å²) in [6, 6.07) is 10.4. The molecule has 4 nitrogen and oxygen atoms in total. The van der Waals surface area contributed by atoms with Crippen LogP contribution in [0.1, 0.15) is 43.6 Å². The van der Waals surface area contributed by atoms with Crippen molar-refractivity contribution in [3.63, 3.8) is 0 Å². The molecule has 2 aromatic rings. The molecule has 2 rings (SSSR count). The molecule has 0 aliphatic rings. The van der Waals surface area contributed by atoms with Gasteiger partial charge in [0, 0.05) is 23.6 Å². The molecule has 0 atom stereocenters. The lowest BCUT2D eigenvalue weighted by Gasteiger charge is -2.21. The molecular formula is C20H21F2NO3. The number of nitrogens with one attached hydrogen (secondary N) is 1. The van der Waals surface area contributed by atoms with Gasteiger partial charge in [-0.05, 0) is 50.6 Å². The highest BCUT2D eigenvalue weighted by Crippen LogP contribution is 2.34. The zero-order valence-corrected chi connectivity index (χ0v) is 15.1. The van der Waals surface area contributed by atoms with Crippen LogP contribution in [0.15, 0.2) is 42.5 Å². The van der Waals surface area contributed by atoms with Crippen LogP contribution in [0, 0.1) is 0 Å². The highest BCUT2D eigenvalue weighted by Gasteiger charge is 2.25. The number of aldehydes is 1. The van der Waals surface area contributed by atoms with Crippen molar-refractivity contribution in [1.29, 1.82) is 0 Å². The summed E-state index contributed by atoms with van der Waals surface area (Å²) < 4.78 is 32.5. The lowest BCUT2D eigenvalue weighted by molar-refractivity contribution is 0.0175. The van der Waals surface area contributed by atoms with Gasteiger partial charge in [-0.25, -0.2) is 13.6 Å². The minimum atomic E-state index is -3.00. The first kappa shape index (κ1) is 19.6. The number of anilines is 1. The number of halogens is 2. The summed E-state index contributed by atoms with van der Waals surface area (Å²) in [6.45, 7) is 6.01. The maximum absolute atomic E-state index is 13.6. The smallest absolute Gasteiger partial charge is 0.412 e. The number of carbonyl (C=O) groups is 2. The molecule has 0 aromatic heterocycles. The summed E-state index contributed by atoms with van der Waals surface area (Å²) in [5, 5.41) is 2.61. The van der Waals surface area contributed by atoms with Crippen molar-refractivity contribution in [3.8, 4) is 11.1 Å². The van der Waals surface area contributed by atoms with E-state index >= 15 is 0 Å². The maximum atomic E-state index is 13.6. The number of hydrogen-bond donors (Lipinski definition) is 1. The van der Waals surface area contributed by atoms with Crippen LogP contribution in [0.2, 0.25) is 0 Å². The molecule has 1 amide bonds. The lowest BCUT2D eigenvalue weighted by Crippen LogP contribution is -2.27. The van der Waals surface area contributed by atoms with E-state index in [2.05, 4.69) is 5.32 Å². The number of rotatable bonds is 4. The van der Waals surface area contributed by atoms with E-state index in [1.165, 1.54) is 30.3 Å². The Labute approximate surface area is 151 Å². The topological polar surface area (TPSA) is 55.4 Å². The van der Waals surface area contributed by atoms with Crippen molar-refractivity contribution in [3.05, 3.63) is 53.6 Å². The summed E-state index contributed by atoms with van der Waals surface area (Å²) in [5.41, 5.74) is 0.793. The fraction of sp³-hybridized carbons (Fsp3) is 0.300. The molecule has 0 radical (unpaired) electrons. The summed E-state index contributed by atoms with van der Waals surface area (Å²) in [5.74, 6) is -3.00. The summed E-state index contributed by atoms with van der Waals surface area (Å²) in [7, 11) is 0. The van der Waals surface area contributed by atoms with Crippen molar-refractivity contribution in [2.45, 2.75) is 39.2 Å². The van der Waals surface area contributed by atoms with E-state index in [0.717, 1.165) is 6.92 Å². The Kier molecular flexibility index (Phi) is 5.44. The van der Waals surface area contributed by atoms with Crippen molar-refractivity contribution in [2.75, 3.05) is 5.32 Å². The van der Waals surface area contributed by atoms with Crippen LogP contribution in [0.25, 0.3) is 11.1 Å². The Morgan fingerprint density at radius 3 is 2.35 bits per heavy atom. The zero-order valence-electron chi connectivity index (χ0n) is 15.1. The van der Waals surface area contributed by atoms with Gasteiger partial charge in [0.1, 0.15) is 11.9 Å². The number of carbonyl (C=O) groups excluding carboxylic acids is 2. The van der Waals surface area contributed by atoms with Gasteiger partial charge >= 0.3 is 6.09 Å². The highest BCUT2D eigenvalue weighted by atomic mass is 19.3. The predicted octanol–water partition coefficient (Wildman–Crippen LogP) is 5.62. The number of benzene rings is 2. The number of hydrogen-bond acceptors (Lipinski definition) is 3. The van der Waals surface area contributed by atoms with E-state index in [1.807, 2.05) is 0 Å². The monoisotopic (exact) mass is 361 g/mol. The van der Waals surface area contributed by atoms with Gasteiger partial charge < -0.3 is 4.74 Å². The summed E-state index contributed by atoms with van der Waals surface area (Å²) in [6.07, 6.45) is -0.0199. The minimum Gasteiger partial charge on any atom is -0.444 e. The molecule has 6 heteroatoms. The molecule has 26 heavy (non-hydrogen) atoms. The second-order valence-electron chi connectivity index (χ2n) is 7.02. The van der Waals surface area contributed by atoms with E-state index in [4.69, 9.17) is 4.74 Å². The Balaban J connectivity index is 2.47. The zero-order chi connectivity index (χ0) is 19.5. The average Bonchev–Trinajstić information content (AvgIpc) is 2.52. The molecule has 2 aromatic carbocycles. The van der Waals surface area contributed by atoms with Crippen LogP contribution in [0.4, 0.5) is 19.3 Å². The van der Waals surface area contributed by atoms with Gasteiger partial charge in [0.05, 0.1) is 5.69 Å². The molecule has 0 saturated heterocycles. The molecule has 1 N–H and O–H groups in total. The van der Waals surface area contributed by atoms with Crippen molar-refractivity contribution < 1.29 is 23.1 Å². The Morgan fingerprint density at radius 2 is 1.77 bits per heavy atom. The number of alkyl halides is 2. The van der Waals surface area contributed by atoms with Crippen LogP contribution in [0.3, 0.4) is 0 Å². The quantitative estimate of drug-likeness (QED) is 0.719. The van der Waals surface area contributed by atoms with Gasteiger partial charge in [-0.2, -0.15) is 0 Å². The van der Waals surface area contributed by atoms with Gasteiger partial charge in [-0.15, -0.1) is 0 Å². The number of amides is 1. The van der Waals surface area contributed by atoms with E-state index in [0.29, 0.717) is 28.7 Å². The van der Waals surface area contributed by atoms with Crippen LogP contribution >= 0.6 is 0 Å². The molecule has 0 heterocycles. The third kappa shape index (κ3) is 5.12. The highest BCUT2D eigenvalue weighted by molar-refractivity contribution is 5.93. The first-order valence-electron chi connectivity index (χ1n) is 8.07. The van der Waals surface area contributed by atoms with E-state index < -0.39 is 17.6 Å². The standard InChI is InChI=1S/C20H21F2NO3/c1-19(2,3)26-18(25)23-17-9-8-13(12-24)10-16(17)14-6-5-7-15(11-14)20(4,21)22/h5-12H,1-4H3,(H,23,25). The molecular weight excluding hydrogens is 340 g/mol. The van der Waals surface area contributed by atoms with Gasteiger partial charge in [-0.3, -0.25) is 10.1 Å². The second kappa shape index (κ2) is 7.23. The lowest BCUT2D eigenvalue weighted by atomic mass is 9.98. The van der Waals surface area contributed by atoms with Crippen LogP contribution in [-0.4, -0.2) is 18.0 Å². The molecule has 0 fully saturated rings. The Bertz CT molecular complexity index is 821. The van der Waals surface area contributed by atoms with Gasteiger partial charge in [0.2, 0.25) is 0 Å². The normalized spacial score (nSPS) is 11.8. The first-order valence-corrected chi connectivity index (χ1v) is 8.07. The molecule has 0 spiro atoms. The Hall–Kier alpha value is -2.76. The van der Waals surface area contributed by atoms with Crippen molar-refractivity contribution in [1.82, 2.24) is 0 Å². The molecule has 0 unspecified atom stereocenters. The second-order valence-corrected chi connectivity index (χ2v) is 7.02. The van der Waals surface area contributed by atoms with E-state index in [1.54, 1.807) is 32.9 Å². The largest absolute Gasteiger partial charge is 0.444 e. The van der Waals surface area contributed by atoms with Crippen LogP contribution < -0.4 is 5.32 Å². The van der Waals surface area contributed by atoms with E-state index in [-0.39, 0.29) is 5.56 Å². The molecule has 0 bridgehead atoms. The first-order chi connectivity index (χ1) is 12.0. The fourth-order valence-corrected chi connectivity index (χ4v) is 2.36. The molecule has 0 saturated carbocycles. The maximum Gasteiger partial charge on any atom is 0.412 e. The third-order valence-electron chi connectivity index (χ3n) is 3.50. The summed E-state index contributed by atoms with van der Waals surface area (Å²) in [4.78, 5) is 23.2. The number of ether oxygens (including phenoxy) is 1. The molecule has 0 aliphatic heterocycles. The predicted molar refractivity (Wildman–Crippen MR) is 96.7 cm³/mol. The van der Waals surface area contributed by atoms with Crippen molar-refractivity contribution >= 4 is 18.1 Å². The summed E-state index contributed by atoms with van der Waals surface area (Å²) >= 11 is 0. The van der Waals surface area contributed by atoms with Crippen LogP contribution in [-0.2, 0) is 10.7 Å².